The predicted octanol–water partition coefficient (Wildman–Crippen LogP) is 2.94. The average molecular weight is 395 g/mol. The van der Waals surface area contributed by atoms with E-state index in [4.69, 9.17) is 23.2 Å². The maximum Gasteiger partial charge on any atom is 0.253 e. The Morgan fingerprint density at radius 3 is 2.48 bits per heavy atom. The summed E-state index contributed by atoms with van der Waals surface area (Å²) in [5.74, 6) is -0.759. The molecule has 1 aromatic rings. The van der Waals surface area contributed by atoms with Crippen molar-refractivity contribution in [2.75, 3.05) is 26.4 Å². The Balaban J connectivity index is 2.58. The summed E-state index contributed by atoms with van der Waals surface area (Å²) in [5.41, 5.74) is 1.35. The third kappa shape index (κ3) is 8.14. The number of nitrogens with one attached hydrogen (secondary N) is 2. The van der Waals surface area contributed by atoms with Gasteiger partial charge in [-0.25, -0.2) is 4.39 Å². The molecule has 8 heteroatoms. The molecule has 2 atom stereocenters. The number of carbonyl (C=O) groups is 1. The third-order valence-electron chi connectivity index (χ3n) is 3.41. The van der Waals surface area contributed by atoms with Crippen LogP contribution in [0.5, 0.6) is 0 Å². The SMILES string of the molecule is O=C(NC(CF)C(O)c1ccc(C=CCNCCCF)cc1)C(Cl)Cl. The van der Waals surface area contributed by atoms with E-state index in [9.17, 15) is 18.7 Å². The topological polar surface area (TPSA) is 61.4 Å². The Bertz CT molecular complexity index is 542. The summed E-state index contributed by atoms with van der Waals surface area (Å²) in [6.07, 6.45) is 3.04. The lowest BCUT2D eigenvalue weighted by Crippen LogP contribution is -2.43. The molecule has 1 aromatic carbocycles. The van der Waals surface area contributed by atoms with Gasteiger partial charge in [-0.15, -0.1) is 0 Å². The van der Waals surface area contributed by atoms with Gasteiger partial charge in [0.25, 0.3) is 5.91 Å². The van der Waals surface area contributed by atoms with Crippen molar-refractivity contribution in [3.05, 3.63) is 41.5 Å². The zero-order valence-corrected chi connectivity index (χ0v) is 15.1. The van der Waals surface area contributed by atoms with E-state index in [1.165, 1.54) is 0 Å². The summed E-state index contributed by atoms with van der Waals surface area (Å²) in [5, 5.41) is 15.5. The number of halogens is 4. The van der Waals surface area contributed by atoms with Crippen molar-refractivity contribution in [2.24, 2.45) is 0 Å². The molecule has 0 saturated heterocycles. The van der Waals surface area contributed by atoms with Crippen LogP contribution in [0.25, 0.3) is 6.08 Å². The minimum Gasteiger partial charge on any atom is -0.386 e. The fourth-order valence-corrected chi connectivity index (χ4v) is 2.18. The van der Waals surface area contributed by atoms with E-state index in [0.717, 1.165) is 5.56 Å². The van der Waals surface area contributed by atoms with Crippen LogP contribution in [0.3, 0.4) is 0 Å². The first kappa shape index (κ1) is 21.8. The summed E-state index contributed by atoms with van der Waals surface area (Å²) >= 11 is 10.8. The first-order valence-corrected chi connectivity index (χ1v) is 8.72. The van der Waals surface area contributed by atoms with Crippen molar-refractivity contribution in [3.63, 3.8) is 0 Å². The van der Waals surface area contributed by atoms with Crippen molar-refractivity contribution in [1.82, 2.24) is 10.6 Å². The first-order chi connectivity index (χ1) is 12.0. The number of alkyl halides is 4. The van der Waals surface area contributed by atoms with E-state index in [1.807, 2.05) is 12.2 Å². The Kier molecular flexibility index (Phi) is 10.6. The second-order valence-corrected chi connectivity index (χ2v) is 6.43. The van der Waals surface area contributed by atoms with Crippen LogP contribution in [0.1, 0.15) is 23.7 Å². The van der Waals surface area contributed by atoms with Gasteiger partial charge in [0.2, 0.25) is 0 Å². The highest BCUT2D eigenvalue weighted by Crippen LogP contribution is 2.19. The number of hydrogen-bond acceptors (Lipinski definition) is 3. The van der Waals surface area contributed by atoms with Crippen molar-refractivity contribution in [3.8, 4) is 0 Å². The highest BCUT2D eigenvalue weighted by Gasteiger charge is 2.24. The van der Waals surface area contributed by atoms with Crippen molar-refractivity contribution < 1.29 is 18.7 Å². The van der Waals surface area contributed by atoms with Crippen LogP contribution in [0.2, 0.25) is 0 Å². The molecule has 0 aliphatic carbocycles. The predicted molar refractivity (Wildman–Crippen MR) is 97.3 cm³/mol. The van der Waals surface area contributed by atoms with Crippen LogP contribution >= 0.6 is 23.2 Å². The molecule has 1 rings (SSSR count). The molecule has 0 saturated carbocycles. The van der Waals surface area contributed by atoms with Gasteiger partial charge in [-0.3, -0.25) is 9.18 Å². The van der Waals surface area contributed by atoms with Gasteiger partial charge in [0, 0.05) is 6.54 Å². The maximum absolute atomic E-state index is 13.1. The van der Waals surface area contributed by atoms with Gasteiger partial charge in [-0.05, 0) is 24.1 Å². The molecule has 4 nitrogen and oxygen atoms in total. The van der Waals surface area contributed by atoms with Crippen molar-refractivity contribution in [2.45, 2.75) is 23.4 Å². The van der Waals surface area contributed by atoms with E-state index in [-0.39, 0.29) is 6.67 Å². The molecule has 1 amide bonds. The van der Waals surface area contributed by atoms with E-state index in [0.29, 0.717) is 25.1 Å². The fourth-order valence-electron chi connectivity index (χ4n) is 2.06. The molecular formula is C17H22Cl2F2N2O2. The van der Waals surface area contributed by atoms with Gasteiger partial charge < -0.3 is 15.7 Å². The molecule has 0 aliphatic heterocycles. The monoisotopic (exact) mass is 394 g/mol. The molecule has 0 radical (unpaired) electrons. The van der Waals surface area contributed by atoms with Crippen LogP contribution in [0.4, 0.5) is 8.78 Å². The minimum atomic E-state index is -1.33. The summed E-state index contributed by atoms with van der Waals surface area (Å²) in [7, 11) is 0. The van der Waals surface area contributed by atoms with E-state index in [2.05, 4.69) is 10.6 Å². The number of amides is 1. The summed E-state index contributed by atoms with van der Waals surface area (Å²) in [6, 6.07) is 5.69. The van der Waals surface area contributed by atoms with Crippen LogP contribution in [0.15, 0.2) is 30.3 Å². The van der Waals surface area contributed by atoms with E-state index < -0.39 is 29.6 Å². The quantitative estimate of drug-likeness (QED) is 0.399. The van der Waals surface area contributed by atoms with E-state index >= 15 is 0 Å². The lowest BCUT2D eigenvalue weighted by Gasteiger charge is -2.22. The Hall–Kier alpha value is -1.21. The molecule has 0 fully saturated rings. The zero-order valence-electron chi connectivity index (χ0n) is 13.6. The molecule has 0 aliphatic rings. The van der Waals surface area contributed by atoms with Crippen LogP contribution in [-0.4, -0.2) is 48.3 Å². The van der Waals surface area contributed by atoms with Crippen LogP contribution < -0.4 is 10.6 Å². The number of hydrogen-bond donors (Lipinski definition) is 3. The summed E-state index contributed by atoms with van der Waals surface area (Å²) < 4.78 is 25.0. The average Bonchev–Trinajstić information content (AvgIpc) is 2.62. The molecular weight excluding hydrogens is 373 g/mol. The maximum atomic E-state index is 13.1. The second-order valence-electron chi connectivity index (χ2n) is 5.33. The number of aliphatic hydroxyl groups excluding tert-OH is 1. The van der Waals surface area contributed by atoms with Gasteiger partial charge in [-0.1, -0.05) is 59.6 Å². The Morgan fingerprint density at radius 1 is 1.24 bits per heavy atom. The molecule has 0 aromatic heterocycles. The Morgan fingerprint density at radius 2 is 1.92 bits per heavy atom. The smallest absolute Gasteiger partial charge is 0.253 e. The minimum absolute atomic E-state index is 0.336. The molecule has 25 heavy (non-hydrogen) atoms. The fraction of sp³-hybridized carbons (Fsp3) is 0.471. The molecule has 0 bridgehead atoms. The number of carbonyl (C=O) groups excluding carboxylic acids is 1. The molecule has 3 N–H and O–H groups in total. The Labute approximate surface area is 156 Å². The van der Waals surface area contributed by atoms with Crippen LogP contribution in [0, 0.1) is 0 Å². The van der Waals surface area contributed by atoms with Gasteiger partial charge in [0.05, 0.1) is 12.7 Å². The molecule has 140 valence electrons. The van der Waals surface area contributed by atoms with Gasteiger partial charge >= 0.3 is 0 Å². The lowest BCUT2D eigenvalue weighted by atomic mass is 10.0. The number of aliphatic hydroxyl groups is 1. The van der Waals surface area contributed by atoms with Crippen LogP contribution in [-0.2, 0) is 4.79 Å². The summed E-state index contributed by atoms with van der Waals surface area (Å²) in [6.45, 7) is -0.0526. The number of benzene rings is 1. The molecule has 0 heterocycles. The highest BCUT2D eigenvalue weighted by molar-refractivity contribution is 6.53. The largest absolute Gasteiger partial charge is 0.386 e. The van der Waals surface area contributed by atoms with Crippen molar-refractivity contribution >= 4 is 35.2 Å². The van der Waals surface area contributed by atoms with Gasteiger partial charge in [0.1, 0.15) is 12.8 Å². The second kappa shape index (κ2) is 12.2. The normalized spacial score (nSPS) is 14.0. The molecule has 2 unspecified atom stereocenters. The summed E-state index contributed by atoms with van der Waals surface area (Å²) in [4.78, 5) is 10.1. The van der Waals surface area contributed by atoms with Crippen molar-refractivity contribution in [1.29, 1.82) is 0 Å². The third-order valence-corrected chi connectivity index (χ3v) is 3.81. The number of rotatable bonds is 11. The van der Waals surface area contributed by atoms with E-state index in [1.54, 1.807) is 24.3 Å². The first-order valence-electron chi connectivity index (χ1n) is 7.85. The molecule has 0 spiro atoms. The lowest BCUT2D eigenvalue weighted by molar-refractivity contribution is -0.121. The van der Waals surface area contributed by atoms with Gasteiger partial charge in [-0.2, -0.15) is 0 Å². The zero-order chi connectivity index (χ0) is 18.7. The van der Waals surface area contributed by atoms with Gasteiger partial charge in [0.15, 0.2) is 4.84 Å². The standard InChI is InChI=1S/C17H22Cl2F2N2O2/c18-16(19)17(25)23-14(11-21)15(24)13-6-4-12(5-7-13)3-1-9-22-10-2-8-20/h1,3-7,14-16,22,24H,2,8-11H2,(H,23,25). The highest BCUT2D eigenvalue weighted by atomic mass is 35.5.